The molecule has 0 aromatic heterocycles. The minimum absolute atomic E-state index is 0.410. The molecule has 1 nitrogen and oxygen atoms in total. The third-order valence-electron chi connectivity index (χ3n) is 3.87. The van der Waals surface area contributed by atoms with E-state index in [-0.39, 0.29) is 0 Å². The highest BCUT2D eigenvalue weighted by Crippen LogP contribution is 2.10. The zero-order valence-electron chi connectivity index (χ0n) is 14.0. The molecular weight excluding hydrogens is 371 g/mol. The van der Waals surface area contributed by atoms with Gasteiger partial charge in [0.1, 0.15) is 5.78 Å². The fourth-order valence-electron chi connectivity index (χ4n) is 2.46. The molecule has 0 bridgehead atoms. The van der Waals surface area contributed by atoms with E-state index in [0.717, 1.165) is 12.8 Å². The zero-order valence-corrected chi connectivity index (χ0v) is 16.2. The molecule has 0 heterocycles. The van der Waals surface area contributed by atoms with Crippen molar-refractivity contribution in [3.05, 3.63) is 12.2 Å². The lowest BCUT2D eigenvalue weighted by atomic mass is 10.1. The number of alkyl halides is 1. The van der Waals surface area contributed by atoms with Crippen molar-refractivity contribution in [1.82, 2.24) is 0 Å². The van der Waals surface area contributed by atoms with Gasteiger partial charge >= 0.3 is 0 Å². The summed E-state index contributed by atoms with van der Waals surface area (Å²) in [5.41, 5.74) is 0. The van der Waals surface area contributed by atoms with Crippen molar-refractivity contribution in [2.75, 3.05) is 4.43 Å². The van der Waals surface area contributed by atoms with E-state index in [9.17, 15) is 4.79 Å². The number of ketones is 1. The SMILES string of the molecule is CCCCCCCCC=CCCCCCCCC(=O)CI. The molecule has 2 heteroatoms. The summed E-state index contributed by atoms with van der Waals surface area (Å²) in [6, 6.07) is 0. The van der Waals surface area contributed by atoms with E-state index in [4.69, 9.17) is 0 Å². The van der Waals surface area contributed by atoms with Crippen LogP contribution in [-0.4, -0.2) is 10.2 Å². The fraction of sp³-hybridized carbons (Fsp3) is 0.842. The molecule has 0 saturated carbocycles. The first kappa shape index (κ1) is 21.1. The molecule has 0 aliphatic carbocycles. The lowest BCUT2D eigenvalue weighted by Gasteiger charge is -1.99. The van der Waals surface area contributed by atoms with Gasteiger partial charge in [-0.1, -0.05) is 93.0 Å². The van der Waals surface area contributed by atoms with Crippen molar-refractivity contribution in [3.8, 4) is 0 Å². The summed E-state index contributed by atoms with van der Waals surface area (Å²) in [6.45, 7) is 2.27. The summed E-state index contributed by atoms with van der Waals surface area (Å²) in [5, 5.41) is 0. The van der Waals surface area contributed by atoms with E-state index < -0.39 is 0 Å². The molecular formula is C19H35IO. The number of hydrogen-bond donors (Lipinski definition) is 0. The number of hydrogen-bond acceptors (Lipinski definition) is 1. The van der Waals surface area contributed by atoms with E-state index in [1.54, 1.807) is 0 Å². The average Bonchev–Trinajstić information content (AvgIpc) is 2.50. The Morgan fingerprint density at radius 3 is 1.76 bits per heavy atom. The van der Waals surface area contributed by atoms with Gasteiger partial charge in [-0.15, -0.1) is 0 Å². The quantitative estimate of drug-likeness (QED) is 0.116. The number of Topliss-reactive ketones (excluding diaryl/α,β-unsaturated/α-hetero) is 1. The Hall–Kier alpha value is 0.140. The molecule has 0 fully saturated rings. The topological polar surface area (TPSA) is 17.1 Å². The molecule has 0 amide bonds. The largest absolute Gasteiger partial charge is 0.299 e. The van der Waals surface area contributed by atoms with Gasteiger partial charge in [0, 0.05) is 6.42 Å². The molecule has 0 rings (SSSR count). The maximum atomic E-state index is 11.1. The van der Waals surface area contributed by atoms with Crippen molar-refractivity contribution < 1.29 is 4.79 Å². The van der Waals surface area contributed by atoms with Gasteiger partial charge in [0.25, 0.3) is 0 Å². The monoisotopic (exact) mass is 406 g/mol. The smallest absolute Gasteiger partial charge is 0.142 e. The van der Waals surface area contributed by atoms with Crippen molar-refractivity contribution in [2.24, 2.45) is 0 Å². The van der Waals surface area contributed by atoms with E-state index in [1.165, 1.54) is 77.0 Å². The lowest BCUT2D eigenvalue weighted by Crippen LogP contribution is -1.97. The number of unbranched alkanes of at least 4 members (excludes halogenated alkanes) is 11. The van der Waals surface area contributed by atoms with E-state index in [2.05, 4.69) is 41.7 Å². The van der Waals surface area contributed by atoms with Crippen molar-refractivity contribution in [1.29, 1.82) is 0 Å². The van der Waals surface area contributed by atoms with Gasteiger partial charge in [-0.3, -0.25) is 4.79 Å². The van der Waals surface area contributed by atoms with Crippen LogP contribution in [0.25, 0.3) is 0 Å². The van der Waals surface area contributed by atoms with Crippen molar-refractivity contribution in [3.63, 3.8) is 0 Å². The molecule has 0 saturated heterocycles. The van der Waals surface area contributed by atoms with Crippen LogP contribution in [0.5, 0.6) is 0 Å². The molecule has 124 valence electrons. The zero-order chi connectivity index (χ0) is 15.6. The predicted octanol–water partition coefficient (Wildman–Crippen LogP) is 7.03. The summed E-state index contributed by atoms with van der Waals surface area (Å²) in [5.74, 6) is 0.410. The van der Waals surface area contributed by atoms with E-state index >= 15 is 0 Å². The highest BCUT2D eigenvalue weighted by Gasteiger charge is 1.98. The number of halogens is 1. The maximum Gasteiger partial charge on any atom is 0.142 e. The average molecular weight is 406 g/mol. The second kappa shape index (κ2) is 18.2. The van der Waals surface area contributed by atoms with Crippen LogP contribution in [0.15, 0.2) is 12.2 Å². The predicted molar refractivity (Wildman–Crippen MR) is 103 cm³/mol. The number of carbonyl (C=O) groups excluding carboxylic acids is 1. The summed E-state index contributed by atoms with van der Waals surface area (Å²) >= 11 is 2.16. The van der Waals surface area contributed by atoms with Gasteiger partial charge in [-0.25, -0.2) is 0 Å². The van der Waals surface area contributed by atoms with Crippen molar-refractivity contribution in [2.45, 2.75) is 96.8 Å². The molecule has 0 aromatic carbocycles. The van der Waals surface area contributed by atoms with Crippen LogP contribution < -0.4 is 0 Å². The highest BCUT2D eigenvalue weighted by molar-refractivity contribution is 14.1. The molecule has 0 N–H and O–H groups in total. The Morgan fingerprint density at radius 1 is 0.762 bits per heavy atom. The minimum atomic E-state index is 0.410. The first-order chi connectivity index (χ1) is 10.3. The number of allylic oxidation sites excluding steroid dienone is 2. The lowest BCUT2D eigenvalue weighted by molar-refractivity contribution is -0.116. The molecule has 0 aromatic rings. The first-order valence-corrected chi connectivity index (χ1v) is 10.6. The molecule has 21 heavy (non-hydrogen) atoms. The summed E-state index contributed by atoms with van der Waals surface area (Å²) in [6.07, 6.45) is 22.6. The molecule has 0 spiro atoms. The van der Waals surface area contributed by atoms with E-state index in [0.29, 0.717) is 10.2 Å². The van der Waals surface area contributed by atoms with Gasteiger partial charge in [-0.05, 0) is 32.1 Å². The Bertz CT molecular complexity index is 248. The minimum Gasteiger partial charge on any atom is -0.299 e. The molecule has 0 aliphatic rings. The Labute approximate surface area is 146 Å². The van der Waals surface area contributed by atoms with Gasteiger partial charge in [0.15, 0.2) is 0 Å². The number of carbonyl (C=O) groups is 1. The fourth-order valence-corrected chi connectivity index (χ4v) is 2.84. The summed E-state index contributed by atoms with van der Waals surface area (Å²) in [4.78, 5) is 11.1. The standard InChI is InChI=1S/C19H35IO/c1-2-3-4-5-6-7-8-9-10-11-12-13-14-15-16-17-19(21)18-20/h9-10H,2-8,11-18H2,1H3. The van der Waals surface area contributed by atoms with Crippen LogP contribution in [0.4, 0.5) is 0 Å². The molecule has 0 radical (unpaired) electrons. The third kappa shape index (κ3) is 18.1. The van der Waals surface area contributed by atoms with Crippen LogP contribution in [-0.2, 0) is 4.79 Å². The Morgan fingerprint density at radius 2 is 1.24 bits per heavy atom. The molecule has 0 aliphatic heterocycles. The first-order valence-electron chi connectivity index (χ1n) is 9.04. The Balaban J connectivity index is 3.10. The molecule has 0 unspecified atom stereocenters. The number of rotatable bonds is 16. The van der Waals surface area contributed by atoms with Gasteiger partial charge in [-0.2, -0.15) is 0 Å². The van der Waals surface area contributed by atoms with Crippen LogP contribution in [0.3, 0.4) is 0 Å². The van der Waals surface area contributed by atoms with Crippen LogP contribution in [0, 0.1) is 0 Å². The summed E-state index contributed by atoms with van der Waals surface area (Å²) in [7, 11) is 0. The summed E-state index contributed by atoms with van der Waals surface area (Å²) < 4.78 is 0.682. The Kier molecular flexibility index (Phi) is 18.3. The van der Waals surface area contributed by atoms with Crippen LogP contribution >= 0.6 is 22.6 Å². The molecule has 0 atom stereocenters. The van der Waals surface area contributed by atoms with Crippen LogP contribution in [0.1, 0.15) is 96.8 Å². The van der Waals surface area contributed by atoms with Gasteiger partial charge in [0.05, 0.1) is 4.43 Å². The van der Waals surface area contributed by atoms with Crippen LogP contribution in [0.2, 0.25) is 0 Å². The third-order valence-corrected chi connectivity index (χ3v) is 4.72. The second-order valence-corrected chi connectivity index (χ2v) is 6.77. The van der Waals surface area contributed by atoms with Crippen molar-refractivity contribution >= 4 is 28.4 Å². The normalized spacial score (nSPS) is 11.3. The van der Waals surface area contributed by atoms with E-state index in [1.807, 2.05) is 0 Å². The second-order valence-electron chi connectivity index (χ2n) is 6.01. The van der Waals surface area contributed by atoms with Gasteiger partial charge < -0.3 is 0 Å². The maximum absolute atomic E-state index is 11.1. The van der Waals surface area contributed by atoms with Gasteiger partial charge in [0.2, 0.25) is 0 Å². The highest BCUT2D eigenvalue weighted by atomic mass is 127.